The molecule has 1 atom stereocenters. The van der Waals surface area contributed by atoms with Crippen LogP contribution < -0.4 is 4.74 Å². The molecule has 7 heteroatoms. The second-order valence-electron chi connectivity index (χ2n) is 8.42. The van der Waals surface area contributed by atoms with Crippen LogP contribution in [0.1, 0.15) is 13.3 Å². The molecule has 5 nitrogen and oxygen atoms in total. The fourth-order valence-corrected chi connectivity index (χ4v) is 4.67. The first-order valence-electron chi connectivity index (χ1n) is 10.3. The van der Waals surface area contributed by atoms with Crippen molar-refractivity contribution in [2.24, 2.45) is 5.41 Å². The summed E-state index contributed by atoms with van der Waals surface area (Å²) in [6, 6.07) is 11.7. The van der Waals surface area contributed by atoms with Crippen LogP contribution >= 0.6 is 11.6 Å². The minimum absolute atomic E-state index is 0.0105. The standard InChI is InChI=1S/C24H22ClFN2O3/c1-15(23(29)28-9-7-24(12-28)13-30-14-24)31-17-3-5-20-18(6-8-27-22(20)11-17)19-4-2-16(26)10-21(19)25/h2-6,8,10-11,15H,7,9,12-14H2,1H3. The summed E-state index contributed by atoms with van der Waals surface area (Å²) in [7, 11) is 0. The van der Waals surface area contributed by atoms with Crippen molar-refractivity contribution in [3.8, 4) is 16.9 Å². The zero-order chi connectivity index (χ0) is 21.6. The van der Waals surface area contributed by atoms with Gasteiger partial charge in [-0.3, -0.25) is 9.78 Å². The Balaban J connectivity index is 1.36. The number of fused-ring (bicyclic) bond motifs is 1. The fraction of sp³-hybridized carbons (Fsp3) is 0.333. The summed E-state index contributed by atoms with van der Waals surface area (Å²) in [5.74, 6) is 0.183. The number of aromatic nitrogens is 1. The van der Waals surface area contributed by atoms with Gasteiger partial charge >= 0.3 is 0 Å². The van der Waals surface area contributed by atoms with E-state index in [2.05, 4.69) is 4.98 Å². The molecule has 1 aromatic heterocycles. The molecule has 1 spiro atoms. The van der Waals surface area contributed by atoms with Gasteiger partial charge in [-0.2, -0.15) is 0 Å². The molecule has 1 unspecified atom stereocenters. The molecule has 1 amide bonds. The van der Waals surface area contributed by atoms with Gasteiger partial charge in [0.15, 0.2) is 6.10 Å². The van der Waals surface area contributed by atoms with Gasteiger partial charge in [0.05, 0.1) is 23.8 Å². The van der Waals surface area contributed by atoms with Gasteiger partial charge in [-0.05, 0) is 55.3 Å². The monoisotopic (exact) mass is 440 g/mol. The molecule has 0 radical (unpaired) electrons. The number of carbonyl (C=O) groups excluding carboxylic acids is 1. The summed E-state index contributed by atoms with van der Waals surface area (Å²) >= 11 is 6.26. The van der Waals surface area contributed by atoms with Gasteiger partial charge in [0.2, 0.25) is 0 Å². The Morgan fingerprint density at radius 3 is 2.77 bits per heavy atom. The third kappa shape index (κ3) is 3.75. The number of hydrogen-bond acceptors (Lipinski definition) is 4. The van der Waals surface area contributed by atoms with Gasteiger partial charge in [-0.1, -0.05) is 11.6 Å². The van der Waals surface area contributed by atoms with Gasteiger partial charge in [0.1, 0.15) is 11.6 Å². The van der Waals surface area contributed by atoms with E-state index in [1.807, 2.05) is 29.2 Å². The van der Waals surface area contributed by atoms with E-state index in [0.29, 0.717) is 16.3 Å². The summed E-state index contributed by atoms with van der Waals surface area (Å²) < 4.78 is 24.7. The Kier molecular flexibility index (Phi) is 5.07. The summed E-state index contributed by atoms with van der Waals surface area (Å²) in [6.07, 6.45) is 2.07. The van der Waals surface area contributed by atoms with E-state index < -0.39 is 6.10 Å². The lowest BCUT2D eigenvalue weighted by Gasteiger charge is -2.37. The highest BCUT2D eigenvalue weighted by molar-refractivity contribution is 6.33. The number of halogens is 2. The van der Waals surface area contributed by atoms with Crippen molar-refractivity contribution in [1.29, 1.82) is 0 Å². The van der Waals surface area contributed by atoms with Gasteiger partial charge in [0.25, 0.3) is 5.91 Å². The van der Waals surface area contributed by atoms with Crippen LogP contribution in [0.5, 0.6) is 5.75 Å². The quantitative estimate of drug-likeness (QED) is 0.589. The van der Waals surface area contributed by atoms with E-state index in [4.69, 9.17) is 21.1 Å². The predicted molar refractivity (Wildman–Crippen MR) is 117 cm³/mol. The SMILES string of the molecule is CC(Oc1ccc2c(-c3ccc(F)cc3Cl)ccnc2c1)C(=O)N1CCC2(COC2)C1. The van der Waals surface area contributed by atoms with Crippen LogP contribution in [-0.4, -0.2) is 48.2 Å². The van der Waals surface area contributed by atoms with Gasteiger partial charge < -0.3 is 14.4 Å². The lowest BCUT2D eigenvalue weighted by atomic mass is 9.85. The molecule has 31 heavy (non-hydrogen) atoms. The minimum Gasteiger partial charge on any atom is -0.481 e. The smallest absolute Gasteiger partial charge is 0.263 e. The number of pyridine rings is 1. The van der Waals surface area contributed by atoms with Crippen LogP contribution in [0, 0.1) is 11.2 Å². The van der Waals surface area contributed by atoms with Crippen LogP contribution in [0.15, 0.2) is 48.7 Å². The van der Waals surface area contributed by atoms with E-state index in [-0.39, 0.29) is 17.1 Å². The summed E-state index contributed by atoms with van der Waals surface area (Å²) in [5, 5.41) is 1.21. The number of carbonyl (C=O) groups is 1. The molecular formula is C24H22ClFN2O3. The highest BCUT2D eigenvalue weighted by atomic mass is 35.5. The third-order valence-electron chi connectivity index (χ3n) is 6.16. The Morgan fingerprint density at radius 2 is 2.06 bits per heavy atom. The van der Waals surface area contributed by atoms with Crippen LogP contribution in [-0.2, 0) is 9.53 Å². The summed E-state index contributed by atoms with van der Waals surface area (Å²) in [6.45, 7) is 4.74. The Hall–Kier alpha value is -2.70. The van der Waals surface area contributed by atoms with Crippen molar-refractivity contribution in [2.75, 3.05) is 26.3 Å². The first-order chi connectivity index (χ1) is 14.9. The third-order valence-corrected chi connectivity index (χ3v) is 6.48. The van der Waals surface area contributed by atoms with Crippen molar-refractivity contribution in [3.05, 3.63) is 59.5 Å². The van der Waals surface area contributed by atoms with Gasteiger partial charge in [-0.25, -0.2) is 4.39 Å². The van der Waals surface area contributed by atoms with E-state index in [1.54, 1.807) is 19.2 Å². The van der Waals surface area contributed by atoms with Crippen molar-refractivity contribution >= 4 is 28.4 Å². The maximum atomic E-state index is 13.4. The largest absolute Gasteiger partial charge is 0.481 e. The normalized spacial score (nSPS) is 18.2. The summed E-state index contributed by atoms with van der Waals surface area (Å²) in [5.41, 5.74) is 2.45. The number of benzene rings is 2. The fourth-order valence-electron chi connectivity index (χ4n) is 4.41. The van der Waals surface area contributed by atoms with Gasteiger partial charge in [0, 0.05) is 41.7 Å². The maximum absolute atomic E-state index is 13.4. The molecular weight excluding hydrogens is 419 g/mol. The number of nitrogens with zero attached hydrogens (tertiary/aromatic N) is 2. The molecule has 2 aromatic carbocycles. The molecule has 3 aromatic rings. The van der Waals surface area contributed by atoms with Crippen LogP contribution in [0.3, 0.4) is 0 Å². The maximum Gasteiger partial charge on any atom is 0.263 e. The molecule has 2 fully saturated rings. The summed E-state index contributed by atoms with van der Waals surface area (Å²) in [4.78, 5) is 19.2. The number of amides is 1. The zero-order valence-electron chi connectivity index (χ0n) is 17.1. The van der Waals surface area contributed by atoms with Gasteiger partial charge in [-0.15, -0.1) is 0 Å². The molecule has 2 aliphatic rings. The lowest BCUT2D eigenvalue weighted by molar-refractivity contribution is -0.141. The molecule has 0 aliphatic carbocycles. The van der Waals surface area contributed by atoms with E-state index in [9.17, 15) is 9.18 Å². The average Bonchev–Trinajstić information content (AvgIpc) is 3.19. The van der Waals surface area contributed by atoms with Crippen LogP contribution in [0.2, 0.25) is 5.02 Å². The van der Waals surface area contributed by atoms with Crippen LogP contribution in [0.25, 0.3) is 22.0 Å². The molecule has 3 heterocycles. The Morgan fingerprint density at radius 1 is 1.23 bits per heavy atom. The van der Waals surface area contributed by atoms with Crippen LogP contribution in [0.4, 0.5) is 4.39 Å². The van der Waals surface area contributed by atoms with E-state index >= 15 is 0 Å². The molecule has 0 bridgehead atoms. The zero-order valence-corrected chi connectivity index (χ0v) is 17.9. The molecule has 0 saturated carbocycles. The first-order valence-corrected chi connectivity index (χ1v) is 10.7. The first kappa shape index (κ1) is 20.2. The Bertz CT molecular complexity index is 1160. The topological polar surface area (TPSA) is 51.7 Å². The second kappa shape index (κ2) is 7.77. The Labute approximate surface area is 184 Å². The number of likely N-dealkylation sites (tertiary alicyclic amines) is 1. The van der Waals surface area contributed by atoms with E-state index in [0.717, 1.165) is 49.2 Å². The number of rotatable bonds is 4. The predicted octanol–water partition coefficient (Wildman–Crippen LogP) is 4.71. The number of ether oxygens (including phenoxy) is 2. The molecule has 2 aliphatic heterocycles. The van der Waals surface area contributed by atoms with Crippen molar-refractivity contribution in [1.82, 2.24) is 9.88 Å². The average molecular weight is 441 g/mol. The van der Waals surface area contributed by atoms with Crippen molar-refractivity contribution in [3.63, 3.8) is 0 Å². The highest BCUT2D eigenvalue weighted by Crippen LogP contribution is 2.38. The second-order valence-corrected chi connectivity index (χ2v) is 8.83. The molecule has 2 saturated heterocycles. The lowest BCUT2D eigenvalue weighted by Crippen LogP contribution is -2.47. The van der Waals surface area contributed by atoms with Crippen molar-refractivity contribution in [2.45, 2.75) is 19.4 Å². The minimum atomic E-state index is -0.594. The number of hydrogen-bond donors (Lipinski definition) is 0. The van der Waals surface area contributed by atoms with E-state index in [1.165, 1.54) is 12.1 Å². The molecule has 5 rings (SSSR count). The highest BCUT2D eigenvalue weighted by Gasteiger charge is 2.46. The molecule has 0 N–H and O–H groups in total. The van der Waals surface area contributed by atoms with Crippen molar-refractivity contribution < 1.29 is 18.7 Å². The molecule has 160 valence electrons.